The third-order valence-electron chi connectivity index (χ3n) is 1.57. The first-order valence-electron chi connectivity index (χ1n) is 4.27. The van der Waals surface area contributed by atoms with Gasteiger partial charge in [0.05, 0.1) is 21.6 Å². The molecule has 1 aromatic heterocycles. The number of hydrogen-bond acceptors (Lipinski definition) is 3. The summed E-state index contributed by atoms with van der Waals surface area (Å²) in [6.07, 6.45) is -0.123. The molecule has 0 saturated carbocycles. The van der Waals surface area contributed by atoms with Crippen LogP contribution in [0, 0.1) is 0 Å². The maximum absolute atomic E-state index is 7.53. The third kappa shape index (κ3) is 1.34. The van der Waals surface area contributed by atoms with Crippen molar-refractivity contribution in [3.8, 4) is 0 Å². The average molecular weight is 173 g/mol. The highest BCUT2D eigenvalue weighted by molar-refractivity contribution is 6.28. The topological polar surface area (TPSA) is 35.0 Å². The molecule has 11 heavy (non-hydrogen) atoms. The lowest BCUT2D eigenvalue weighted by molar-refractivity contribution is 0.00667. The smallest absolute Gasteiger partial charge is 0.222 e. The molecular weight excluding hydrogens is 164 g/mol. The fourth-order valence-electron chi connectivity index (χ4n) is 0.871. The van der Waals surface area contributed by atoms with Crippen molar-refractivity contribution in [1.29, 1.82) is 0 Å². The van der Waals surface area contributed by atoms with E-state index in [1.54, 1.807) is 0 Å². The molecule has 0 aliphatic carbocycles. The number of ether oxygens (including phenoxy) is 1. The van der Waals surface area contributed by atoms with Gasteiger partial charge in [-0.1, -0.05) is 0 Å². The quantitative estimate of drug-likeness (QED) is 0.598. The van der Waals surface area contributed by atoms with Crippen LogP contribution < -0.4 is 0 Å². The summed E-state index contributed by atoms with van der Waals surface area (Å²) in [5.41, 5.74) is 0.524. The predicted molar refractivity (Wildman–Crippen MR) is 40.6 cm³/mol. The van der Waals surface area contributed by atoms with Gasteiger partial charge in [-0.25, -0.2) is 9.97 Å². The fraction of sp³-hybridized carbons (Fsp3) is 0.429. The van der Waals surface area contributed by atoms with Crippen molar-refractivity contribution in [2.75, 3.05) is 13.2 Å². The normalized spacial score (nSPS) is 20.5. The molecule has 1 saturated heterocycles. The zero-order valence-electron chi connectivity index (χ0n) is 7.67. The Bertz CT molecular complexity index is 344. The van der Waals surface area contributed by atoms with Gasteiger partial charge in [0.2, 0.25) is 5.28 Å². The summed E-state index contributed by atoms with van der Waals surface area (Å²) < 4.78 is 19.8. The third-order valence-corrected chi connectivity index (χ3v) is 1.74. The molecule has 3 nitrogen and oxygen atoms in total. The van der Waals surface area contributed by atoms with E-state index in [-0.39, 0.29) is 23.4 Å². The second-order valence-electron chi connectivity index (χ2n) is 2.35. The van der Waals surface area contributed by atoms with Crippen LogP contribution in [0.5, 0.6) is 0 Å². The van der Waals surface area contributed by atoms with Crippen molar-refractivity contribution in [2.24, 2.45) is 0 Å². The van der Waals surface area contributed by atoms with Crippen molar-refractivity contribution in [3.05, 3.63) is 23.2 Å². The van der Waals surface area contributed by atoms with E-state index in [1.807, 2.05) is 0 Å². The van der Waals surface area contributed by atoms with Crippen LogP contribution in [0.2, 0.25) is 5.28 Å². The maximum atomic E-state index is 7.53. The largest absolute Gasteiger partial charge is 0.380 e. The number of nitrogens with zero attached hydrogens (tertiary/aromatic N) is 2. The molecule has 2 heterocycles. The summed E-state index contributed by atoms with van der Waals surface area (Å²) in [4.78, 5) is 7.49. The van der Waals surface area contributed by atoms with E-state index in [4.69, 9.17) is 19.1 Å². The van der Waals surface area contributed by atoms with Gasteiger partial charge in [0.25, 0.3) is 0 Å². The molecular formula is C7H7ClN2O. The lowest BCUT2D eigenvalue weighted by Crippen LogP contribution is -2.25. The predicted octanol–water partition coefficient (Wildman–Crippen LogP) is 1.24. The Morgan fingerprint density at radius 1 is 1.73 bits per heavy atom. The van der Waals surface area contributed by atoms with Gasteiger partial charge in [0.15, 0.2) is 0 Å². The Morgan fingerprint density at radius 3 is 3.18 bits per heavy atom. The first kappa shape index (κ1) is 5.06. The molecule has 58 valence electrons. The van der Waals surface area contributed by atoms with Gasteiger partial charge in [-0.2, -0.15) is 0 Å². The van der Waals surface area contributed by atoms with Crippen LogP contribution in [0.25, 0.3) is 0 Å². The van der Waals surface area contributed by atoms with Crippen molar-refractivity contribution in [3.63, 3.8) is 0 Å². The number of rotatable bonds is 1. The molecule has 0 atom stereocenters. The minimum Gasteiger partial charge on any atom is -0.380 e. The van der Waals surface area contributed by atoms with Gasteiger partial charge in [0.1, 0.15) is 0 Å². The van der Waals surface area contributed by atoms with E-state index in [0.29, 0.717) is 18.9 Å². The first-order chi connectivity index (χ1) is 6.18. The van der Waals surface area contributed by atoms with Crippen LogP contribution in [0.4, 0.5) is 0 Å². The summed E-state index contributed by atoms with van der Waals surface area (Å²) in [5, 5.41) is 0.0305. The van der Waals surface area contributed by atoms with Crippen LogP contribution in [-0.2, 0) is 4.74 Å². The second kappa shape index (κ2) is 2.75. The van der Waals surface area contributed by atoms with E-state index in [9.17, 15) is 0 Å². The van der Waals surface area contributed by atoms with Gasteiger partial charge in [-0.05, 0) is 17.6 Å². The van der Waals surface area contributed by atoms with Crippen molar-refractivity contribution < 1.29 is 7.48 Å². The van der Waals surface area contributed by atoms with Gasteiger partial charge < -0.3 is 4.74 Å². The molecule has 0 spiro atoms. The minimum atomic E-state index is -0.123. The van der Waals surface area contributed by atoms with Gasteiger partial charge in [-0.3, -0.25) is 0 Å². The SMILES string of the molecule is [2H]c1nc(Cl)nc(C2COC2)c1[2H]. The van der Waals surface area contributed by atoms with Crippen LogP contribution in [0.15, 0.2) is 12.2 Å². The van der Waals surface area contributed by atoms with Crippen molar-refractivity contribution in [1.82, 2.24) is 9.97 Å². The molecule has 4 heteroatoms. The molecule has 2 rings (SSSR count). The second-order valence-corrected chi connectivity index (χ2v) is 2.69. The van der Waals surface area contributed by atoms with E-state index in [2.05, 4.69) is 9.97 Å². The zero-order valence-corrected chi connectivity index (χ0v) is 6.43. The Morgan fingerprint density at radius 2 is 2.55 bits per heavy atom. The molecule has 1 fully saturated rings. The molecule has 0 N–H and O–H groups in total. The highest BCUT2D eigenvalue weighted by Gasteiger charge is 2.21. The van der Waals surface area contributed by atoms with E-state index >= 15 is 0 Å². The van der Waals surface area contributed by atoms with Crippen LogP contribution >= 0.6 is 11.6 Å². The van der Waals surface area contributed by atoms with Gasteiger partial charge >= 0.3 is 0 Å². The molecule has 1 aromatic rings. The summed E-state index contributed by atoms with van der Waals surface area (Å²) in [5.74, 6) is 0.108. The molecule has 0 unspecified atom stereocenters. The monoisotopic (exact) mass is 172 g/mol. The van der Waals surface area contributed by atoms with Crippen molar-refractivity contribution in [2.45, 2.75) is 5.92 Å². The zero-order chi connectivity index (χ0) is 9.42. The van der Waals surface area contributed by atoms with E-state index in [1.165, 1.54) is 0 Å². The molecule has 1 aliphatic heterocycles. The van der Waals surface area contributed by atoms with E-state index < -0.39 is 0 Å². The molecule has 0 aromatic carbocycles. The fourth-order valence-corrected chi connectivity index (χ4v) is 1.00. The molecule has 0 amide bonds. The molecule has 0 radical (unpaired) electrons. The Labute approximate surface area is 72.2 Å². The minimum absolute atomic E-state index is 0.0305. The summed E-state index contributed by atoms with van der Waals surface area (Å²) in [7, 11) is 0. The molecule has 0 bridgehead atoms. The van der Waals surface area contributed by atoms with Crippen LogP contribution in [-0.4, -0.2) is 23.2 Å². The average Bonchev–Trinajstić information content (AvgIpc) is 1.95. The Balaban J connectivity index is 2.42. The van der Waals surface area contributed by atoms with Gasteiger partial charge in [0, 0.05) is 12.1 Å². The highest BCUT2D eigenvalue weighted by atomic mass is 35.5. The highest BCUT2D eigenvalue weighted by Crippen LogP contribution is 2.21. The van der Waals surface area contributed by atoms with Crippen molar-refractivity contribution >= 4 is 11.6 Å². The summed E-state index contributed by atoms with van der Waals surface area (Å²) in [6.45, 7) is 1.11. The lowest BCUT2D eigenvalue weighted by atomic mass is 10.0. The maximum Gasteiger partial charge on any atom is 0.222 e. The van der Waals surface area contributed by atoms with Crippen LogP contribution in [0.3, 0.4) is 0 Å². The first-order valence-corrected chi connectivity index (χ1v) is 3.64. The van der Waals surface area contributed by atoms with Crippen LogP contribution in [0.1, 0.15) is 14.4 Å². The number of hydrogen-bond donors (Lipinski definition) is 0. The van der Waals surface area contributed by atoms with E-state index in [0.717, 1.165) is 0 Å². The molecule has 1 aliphatic rings. The Kier molecular flexibility index (Phi) is 1.27. The standard InChI is InChI=1S/C7H7ClN2O/c8-7-9-2-1-6(10-7)5-3-11-4-5/h1-2,5H,3-4H2/i1D,2D. The Hall–Kier alpha value is -0.670. The van der Waals surface area contributed by atoms with Gasteiger partial charge in [-0.15, -0.1) is 0 Å². The number of halogens is 1. The summed E-state index contributed by atoms with van der Waals surface area (Å²) >= 11 is 5.58. The lowest BCUT2D eigenvalue weighted by Gasteiger charge is -2.24. The summed E-state index contributed by atoms with van der Waals surface area (Å²) in [6, 6.07) is 0.0534. The number of aromatic nitrogens is 2.